The molecule has 0 atom stereocenters. The summed E-state index contributed by atoms with van der Waals surface area (Å²) in [5.41, 5.74) is 1.42. The fraction of sp³-hybridized carbons (Fsp3) is 0.294. The van der Waals surface area contributed by atoms with E-state index in [0.29, 0.717) is 23.1 Å². The summed E-state index contributed by atoms with van der Waals surface area (Å²) in [4.78, 5) is 18.1. The van der Waals surface area contributed by atoms with Gasteiger partial charge in [-0.2, -0.15) is 0 Å². The van der Waals surface area contributed by atoms with Gasteiger partial charge in [-0.15, -0.1) is 0 Å². The van der Waals surface area contributed by atoms with Crippen molar-refractivity contribution in [1.29, 1.82) is 0 Å². The smallest absolute Gasteiger partial charge is 0.322 e. The Morgan fingerprint density at radius 3 is 2.74 bits per heavy atom. The Hall–Kier alpha value is -2.27. The summed E-state index contributed by atoms with van der Waals surface area (Å²) < 4.78 is 5.60. The number of carbonyl (C=O) groups is 1. The molecule has 0 aliphatic heterocycles. The van der Waals surface area contributed by atoms with E-state index in [1.807, 2.05) is 32.0 Å². The molecule has 2 amide bonds. The van der Waals surface area contributed by atoms with Crippen LogP contribution in [0, 0.1) is 0 Å². The molecular formula is C17H20ClN3O2. The molecule has 0 radical (unpaired) electrons. The van der Waals surface area contributed by atoms with E-state index in [9.17, 15) is 4.79 Å². The van der Waals surface area contributed by atoms with Gasteiger partial charge in [0.15, 0.2) is 0 Å². The zero-order valence-electron chi connectivity index (χ0n) is 13.4. The normalized spacial score (nSPS) is 10.5. The highest BCUT2D eigenvalue weighted by Crippen LogP contribution is 2.22. The lowest BCUT2D eigenvalue weighted by molar-refractivity contribution is 0.219. The summed E-state index contributed by atoms with van der Waals surface area (Å²) in [5, 5.41) is 3.45. The third kappa shape index (κ3) is 4.86. The van der Waals surface area contributed by atoms with Gasteiger partial charge < -0.3 is 15.0 Å². The highest BCUT2D eigenvalue weighted by molar-refractivity contribution is 6.31. The summed E-state index contributed by atoms with van der Waals surface area (Å²) in [5.74, 6) is 0.405. The van der Waals surface area contributed by atoms with Gasteiger partial charge in [0.05, 0.1) is 6.10 Å². The van der Waals surface area contributed by atoms with Crippen molar-refractivity contribution in [2.75, 3.05) is 12.4 Å². The largest absolute Gasteiger partial charge is 0.473 e. The molecular weight excluding hydrogens is 314 g/mol. The Kier molecular flexibility index (Phi) is 5.82. The number of pyridine rings is 1. The van der Waals surface area contributed by atoms with Crippen LogP contribution in [0.15, 0.2) is 42.6 Å². The quantitative estimate of drug-likeness (QED) is 0.892. The van der Waals surface area contributed by atoms with E-state index < -0.39 is 0 Å². The average molecular weight is 334 g/mol. The van der Waals surface area contributed by atoms with E-state index >= 15 is 0 Å². The van der Waals surface area contributed by atoms with Crippen LogP contribution in [-0.2, 0) is 6.54 Å². The van der Waals surface area contributed by atoms with E-state index in [-0.39, 0.29) is 12.1 Å². The first-order valence-electron chi connectivity index (χ1n) is 7.34. The van der Waals surface area contributed by atoms with Crippen molar-refractivity contribution in [3.63, 3.8) is 0 Å². The van der Waals surface area contributed by atoms with E-state index in [4.69, 9.17) is 16.3 Å². The van der Waals surface area contributed by atoms with Gasteiger partial charge in [0, 0.05) is 24.8 Å². The fourth-order valence-corrected chi connectivity index (χ4v) is 2.16. The minimum atomic E-state index is -0.258. The van der Waals surface area contributed by atoms with Crippen LogP contribution in [0.2, 0.25) is 5.02 Å². The maximum atomic E-state index is 12.4. The van der Waals surface area contributed by atoms with Crippen molar-refractivity contribution in [3.8, 4) is 5.88 Å². The van der Waals surface area contributed by atoms with Crippen molar-refractivity contribution in [2.24, 2.45) is 0 Å². The van der Waals surface area contributed by atoms with Crippen LogP contribution in [0.1, 0.15) is 19.4 Å². The van der Waals surface area contributed by atoms with Gasteiger partial charge in [-0.05, 0) is 37.6 Å². The summed E-state index contributed by atoms with van der Waals surface area (Å²) in [7, 11) is 1.71. The second kappa shape index (κ2) is 7.83. The minimum Gasteiger partial charge on any atom is -0.473 e. The predicted octanol–water partition coefficient (Wildman–Crippen LogP) is 4.19. The van der Waals surface area contributed by atoms with Crippen molar-refractivity contribution < 1.29 is 9.53 Å². The van der Waals surface area contributed by atoms with E-state index in [1.54, 1.807) is 36.3 Å². The molecule has 0 aliphatic rings. The summed E-state index contributed by atoms with van der Waals surface area (Å²) in [6.07, 6.45) is 1.60. The van der Waals surface area contributed by atoms with E-state index in [2.05, 4.69) is 10.3 Å². The number of nitrogens with one attached hydrogen (secondary N) is 1. The maximum absolute atomic E-state index is 12.4. The standard InChI is InChI=1S/C17H20ClN3O2/c1-12(2)23-16-15(9-6-10-19-16)20-17(22)21(3)11-13-7-4-5-8-14(13)18/h4-10,12H,11H2,1-3H3,(H,20,22). The molecule has 0 unspecified atom stereocenters. The third-order valence-electron chi connectivity index (χ3n) is 3.07. The molecule has 2 rings (SSSR count). The van der Waals surface area contributed by atoms with Gasteiger partial charge in [-0.1, -0.05) is 29.8 Å². The number of nitrogens with zero attached hydrogens (tertiary/aromatic N) is 2. The Balaban J connectivity index is 2.05. The molecule has 1 heterocycles. The number of ether oxygens (including phenoxy) is 1. The number of urea groups is 1. The molecule has 1 N–H and O–H groups in total. The number of benzene rings is 1. The molecule has 122 valence electrons. The highest BCUT2D eigenvalue weighted by Gasteiger charge is 2.14. The zero-order chi connectivity index (χ0) is 16.8. The lowest BCUT2D eigenvalue weighted by Gasteiger charge is -2.20. The first-order chi connectivity index (χ1) is 11.0. The molecule has 1 aromatic heterocycles. The minimum absolute atomic E-state index is 0.0265. The number of hydrogen-bond donors (Lipinski definition) is 1. The van der Waals surface area contributed by atoms with Crippen LogP contribution in [0.4, 0.5) is 10.5 Å². The van der Waals surface area contributed by atoms with Gasteiger partial charge in [-0.3, -0.25) is 0 Å². The fourth-order valence-electron chi connectivity index (χ4n) is 1.97. The van der Waals surface area contributed by atoms with Crippen LogP contribution in [0.3, 0.4) is 0 Å². The van der Waals surface area contributed by atoms with Crippen molar-refractivity contribution >= 4 is 23.3 Å². The van der Waals surface area contributed by atoms with Gasteiger partial charge in [0.25, 0.3) is 0 Å². The van der Waals surface area contributed by atoms with Gasteiger partial charge >= 0.3 is 6.03 Å². The molecule has 0 bridgehead atoms. The number of rotatable bonds is 5. The predicted molar refractivity (Wildman–Crippen MR) is 91.9 cm³/mol. The lowest BCUT2D eigenvalue weighted by Crippen LogP contribution is -2.31. The monoisotopic (exact) mass is 333 g/mol. The summed E-state index contributed by atoms with van der Waals surface area (Å²) in [6, 6.07) is 10.7. The lowest BCUT2D eigenvalue weighted by atomic mass is 10.2. The molecule has 23 heavy (non-hydrogen) atoms. The van der Waals surface area contributed by atoms with Gasteiger partial charge in [0.2, 0.25) is 5.88 Å². The molecule has 6 heteroatoms. The Morgan fingerprint density at radius 1 is 1.30 bits per heavy atom. The van der Waals surface area contributed by atoms with Crippen LogP contribution >= 0.6 is 11.6 Å². The first kappa shape index (κ1) is 17.1. The number of amides is 2. The van der Waals surface area contributed by atoms with Gasteiger partial charge in [-0.25, -0.2) is 9.78 Å². The van der Waals surface area contributed by atoms with Crippen molar-refractivity contribution in [1.82, 2.24) is 9.88 Å². The van der Waals surface area contributed by atoms with Crippen LogP contribution < -0.4 is 10.1 Å². The number of aromatic nitrogens is 1. The van der Waals surface area contributed by atoms with Crippen LogP contribution in [0.5, 0.6) is 5.88 Å². The summed E-state index contributed by atoms with van der Waals surface area (Å²) >= 11 is 6.13. The zero-order valence-corrected chi connectivity index (χ0v) is 14.2. The van der Waals surface area contributed by atoms with Crippen LogP contribution in [-0.4, -0.2) is 29.1 Å². The molecule has 1 aromatic carbocycles. The third-order valence-corrected chi connectivity index (χ3v) is 3.44. The number of anilines is 1. The van der Waals surface area contributed by atoms with Crippen LogP contribution in [0.25, 0.3) is 0 Å². The molecule has 2 aromatic rings. The molecule has 0 aliphatic carbocycles. The molecule has 0 saturated carbocycles. The van der Waals surface area contributed by atoms with Crippen molar-refractivity contribution in [2.45, 2.75) is 26.5 Å². The molecule has 0 spiro atoms. The SMILES string of the molecule is CC(C)Oc1ncccc1NC(=O)N(C)Cc1ccccc1Cl. The maximum Gasteiger partial charge on any atom is 0.322 e. The first-order valence-corrected chi connectivity index (χ1v) is 7.72. The molecule has 0 saturated heterocycles. The van der Waals surface area contributed by atoms with Gasteiger partial charge in [0.1, 0.15) is 5.69 Å². The number of halogens is 1. The Morgan fingerprint density at radius 2 is 2.04 bits per heavy atom. The van der Waals surface area contributed by atoms with E-state index in [1.165, 1.54) is 0 Å². The molecule has 0 fully saturated rings. The topological polar surface area (TPSA) is 54.5 Å². The van der Waals surface area contributed by atoms with E-state index in [0.717, 1.165) is 5.56 Å². The Bertz CT molecular complexity index is 676. The second-order valence-electron chi connectivity index (χ2n) is 5.40. The summed E-state index contributed by atoms with van der Waals surface area (Å²) in [6.45, 7) is 4.22. The average Bonchev–Trinajstić information content (AvgIpc) is 2.51. The number of hydrogen-bond acceptors (Lipinski definition) is 3. The number of carbonyl (C=O) groups excluding carboxylic acids is 1. The Labute approximate surface area is 141 Å². The highest BCUT2D eigenvalue weighted by atomic mass is 35.5. The molecule has 5 nitrogen and oxygen atoms in total. The second-order valence-corrected chi connectivity index (χ2v) is 5.81. The van der Waals surface area contributed by atoms with Crippen molar-refractivity contribution in [3.05, 3.63) is 53.2 Å².